The molecule has 2 nitrogen and oxygen atoms in total. The summed E-state index contributed by atoms with van der Waals surface area (Å²) in [6.07, 6.45) is 0. The van der Waals surface area contributed by atoms with Crippen molar-refractivity contribution in [1.29, 1.82) is 0 Å². The largest absolute Gasteiger partial charge is 0.298 e. The van der Waals surface area contributed by atoms with E-state index < -0.39 is 0 Å². The molecular formula is C5H9NO. The molecule has 1 aliphatic heterocycles. The van der Waals surface area contributed by atoms with Crippen LogP contribution in [0.5, 0.6) is 0 Å². The highest BCUT2D eigenvalue weighted by molar-refractivity contribution is 5.93. The van der Waals surface area contributed by atoms with Gasteiger partial charge in [0, 0.05) is 0 Å². The minimum absolute atomic E-state index is 0.120. The fourth-order valence-electron chi connectivity index (χ4n) is 0.818. The number of carbonyl (C=O) groups excluding carboxylic acids is 1. The normalized spacial score (nSPS) is 40.6. The van der Waals surface area contributed by atoms with Crippen LogP contribution in [-0.2, 0) is 4.79 Å². The van der Waals surface area contributed by atoms with E-state index in [1.165, 1.54) is 0 Å². The molecule has 1 N–H and O–H groups in total. The highest BCUT2D eigenvalue weighted by atomic mass is 16.1. The first kappa shape index (κ1) is 4.78. The molecule has 0 aromatic heterocycles. The second kappa shape index (κ2) is 1.30. The molecule has 2 atom stereocenters. The fourth-order valence-corrected chi connectivity index (χ4v) is 0.818. The molecule has 0 saturated carbocycles. The Morgan fingerprint density at radius 2 is 1.86 bits per heavy atom. The quantitative estimate of drug-likeness (QED) is 0.461. The predicted molar refractivity (Wildman–Crippen MR) is 27.1 cm³/mol. The molecule has 7 heavy (non-hydrogen) atoms. The van der Waals surface area contributed by atoms with Crippen molar-refractivity contribution in [1.82, 2.24) is 5.32 Å². The molecule has 0 amide bonds. The van der Waals surface area contributed by atoms with Crippen molar-refractivity contribution in [3.63, 3.8) is 0 Å². The van der Waals surface area contributed by atoms with Gasteiger partial charge in [0.25, 0.3) is 0 Å². The third-order valence-electron chi connectivity index (χ3n) is 1.35. The topological polar surface area (TPSA) is 29.1 Å². The summed E-state index contributed by atoms with van der Waals surface area (Å²) in [6.45, 7) is 3.75. The van der Waals surface area contributed by atoms with Crippen LogP contribution in [0.2, 0.25) is 0 Å². The molecule has 1 fully saturated rings. The minimum atomic E-state index is 0.120. The lowest BCUT2D eigenvalue weighted by Gasteiger charge is -2.29. The van der Waals surface area contributed by atoms with Crippen molar-refractivity contribution < 1.29 is 4.79 Å². The molecule has 1 heterocycles. The molecule has 0 aromatic rings. The molecule has 1 aliphatic rings. The van der Waals surface area contributed by atoms with Crippen LogP contribution in [0.15, 0.2) is 0 Å². The lowest BCUT2D eigenvalue weighted by molar-refractivity contribution is -0.128. The predicted octanol–water partition coefficient (Wildman–Crippen LogP) is -0.0643. The van der Waals surface area contributed by atoms with E-state index in [4.69, 9.17) is 0 Å². The standard InChI is InChI=1S/C5H9NO/c1-3-5(7)4(2)6-3/h3-4,6H,1-2H3. The van der Waals surface area contributed by atoms with Crippen LogP contribution in [0, 0.1) is 0 Å². The monoisotopic (exact) mass is 99.1 g/mol. The Morgan fingerprint density at radius 3 is 1.86 bits per heavy atom. The van der Waals surface area contributed by atoms with Gasteiger partial charge >= 0.3 is 0 Å². The molecular weight excluding hydrogens is 90.1 g/mol. The molecule has 0 radical (unpaired) electrons. The van der Waals surface area contributed by atoms with E-state index in [2.05, 4.69) is 5.32 Å². The van der Waals surface area contributed by atoms with Gasteiger partial charge in [-0.05, 0) is 13.8 Å². The fraction of sp³-hybridized carbons (Fsp3) is 0.800. The maximum absolute atomic E-state index is 10.5. The first-order valence-electron chi connectivity index (χ1n) is 2.51. The van der Waals surface area contributed by atoms with Crippen molar-refractivity contribution >= 4 is 5.78 Å². The molecule has 2 heteroatoms. The maximum Gasteiger partial charge on any atom is 0.166 e. The van der Waals surface area contributed by atoms with E-state index in [9.17, 15) is 4.79 Å². The number of hydrogen-bond donors (Lipinski definition) is 1. The van der Waals surface area contributed by atoms with Gasteiger partial charge in [-0.3, -0.25) is 10.1 Å². The first-order chi connectivity index (χ1) is 3.22. The van der Waals surface area contributed by atoms with E-state index in [0.29, 0.717) is 5.78 Å². The summed E-state index contributed by atoms with van der Waals surface area (Å²) >= 11 is 0. The Hall–Kier alpha value is -0.370. The van der Waals surface area contributed by atoms with E-state index in [-0.39, 0.29) is 12.1 Å². The molecule has 1 rings (SSSR count). The Labute approximate surface area is 42.9 Å². The lowest BCUT2D eigenvalue weighted by Crippen LogP contribution is -2.59. The maximum atomic E-state index is 10.5. The second-order valence-corrected chi connectivity index (χ2v) is 2.01. The molecule has 0 spiro atoms. The van der Waals surface area contributed by atoms with Gasteiger partial charge in [0.15, 0.2) is 5.78 Å². The van der Waals surface area contributed by atoms with Gasteiger partial charge in [0.1, 0.15) is 0 Å². The summed E-state index contributed by atoms with van der Waals surface area (Å²) in [6, 6.07) is 0.241. The van der Waals surface area contributed by atoms with Crippen LogP contribution in [0.25, 0.3) is 0 Å². The van der Waals surface area contributed by atoms with Crippen molar-refractivity contribution in [2.45, 2.75) is 25.9 Å². The van der Waals surface area contributed by atoms with Crippen LogP contribution >= 0.6 is 0 Å². The first-order valence-corrected chi connectivity index (χ1v) is 2.51. The molecule has 0 aliphatic carbocycles. The van der Waals surface area contributed by atoms with E-state index in [0.717, 1.165) is 0 Å². The molecule has 0 aromatic carbocycles. The number of ketones is 1. The summed E-state index contributed by atoms with van der Waals surface area (Å²) in [5, 5.41) is 3.01. The summed E-state index contributed by atoms with van der Waals surface area (Å²) < 4.78 is 0. The third kappa shape index (κ3) is 0.548. The van der Waals surface area contributed by atoms with Crippen LogP contribution in [0.4, 0.5) is 0 Å². The number of hydrogen-bond acceptors (Lipinski definition) is 2. The Morgan fingerprint density at radius 1 is 1.43 bits per heavy atom. The summed E-state index contributed by atoms with van der Waals surface area (Å²) in [7, 11) is 0. The van der Waals surface area contributed by atoms with Gasteiger partial charge in [-0.15, -0.1) is 0 Å². The Bertz CT molecular complexity index is 90.3. The zero-order chi connectivity index (χ0) is 5.44. The number of carbonyl (C=O) groups is 1. The van der Waals surface area contributed by atoms with E-state index in [1.807, 2.05) is 13.8 Å². The van der Waals surface area contributed by atoms with Gasteiger partial charge < -0.3 is 0 Å². The molecule has 2 unspecified atom stereocenters. The van der Waals surface area contributed by atoms with Crippen molar-refractivity contribution in [2.75, 3.05) is 0 Å². The summed E-state index contributed by atoms with van der Waals surface area (Å²) in [5.41, 5.74) is 0. The van der Waals surface area contributed by atoms with Crippen molar-refractivity contribution in [2.24, 2.45) is 0 Å². The third-order valence-corrected chi connectivity index (χ3v) is 1.35. The number of nitrogens with one attached hydrogen (secondary N) is 1. The van der Waals surface area contributed by atoms with Gasteiger partial charge in [0.2, 0.25) is 0 Å². The van der Waals surface area contributed by atoms with Crippen molar-refractivity contribution in [3.8, 4) is 0 Å². The molecule has 40 valence electrons. The average molecular weight is 99.1 g/mol. The SMILES string of the molecule is CC1NC(C)C1=O. The highest BCUT2D eigenvalue weighted by Crippen LogP contribution is 2.03. The average Bonchev–Trinajstić information content (AvgIpc) is 1.68. The van der Waals surface area contributed by atoms with Crippen LogP contribution in [0.1, 0.15) is 13.8 Å². The molecule has 0 bridgehead atoms. The van der Waals surface area contributed by atoms with Gasteiger partial charge in [-0.2, -0.15) is 0 Å². The van der Waals surface area contributed by atoms with Crippen LogP contribution in [0.3, 0.4) is 0 Å². The summed E-state index contributed by atoms with van der Waals surface area (Å²) in [5.74, 6) is 0.333. The zero-order valence-electron chi connectivity index (χ0n) is 4.56. The van der Waals surface area contributed by atoms with Gasteiger partial charge in [0.05, 0.1) is 12.1 Å². The number of Topliss-reactive ketones (excluding diaryl/α,β-unsaturated/α-hetero) is 1. The van der Waals surface area contributed by atoms with E-state index in [1.54, 1.807) is 0 Å². The van der Waals surface area contributed by atoms with Gasteiger partial charge in [-0.1, -0.05) is 0 Å². The smallest absolute Gasteiger partial charge is 0.166 e. The Kier molecular flexibility index (Phi) is 0.889. The molecule has 1 saturated heterocycles. The zero-order valence-corrected chi connectivity index (χ0v) is 4.56. The van der Waals surface area contributed by atoms with Gasteiger partial charge in [-0.25, -0.2) is 0 Å². The highest BCUT2D eigenvalue weighted by Gasteiger charge is 2.30. The number of rotatable bonds is 0. The van der Waals surface area contributed by atoms with E-state index >= 15 is 0 Å². The van der Waals surface area contributed by atoms with Crippen LogP contribution < -0.4 is 5.32 Å². The van der Waals surface area contributed by atoms with Crippen LogP contribution in [-0.4, -0.2) is 17.9 Å². The minimum Gasteiger partial charge on any atom is -0.298 e. The summed E-state index contributed by atoms with van der Waals surface area (Å²) in [4.78, 5) is 10.5. The Balaban J connectivity index is 2.44. The van der Waals surface area contributed by atoms with Crippen molar-refractivity contribution in [3.05, 3.63) is 0 Å². The lowest BCUT2D eigenvalue weighted by atomic mass is 9.99. The second-order valence-electron chi connectivity index (χ2n) is 2.01.